The lowest BCUT2D eigenvalue weighted by molar-refractivity contribution is 0.729. The Labute approximate surface area is 58.3 Å². The van der Waals surface area contributed by atoms with Crippen molar-refractivity contribution in [1.29, 1.82) is 0 Å². The molecule has 0 saturated carbocycles. The molecule has 0 heterocycles. The third-order valence-electron chi connectivity index (χ3n) is 1.50. The van der Waals surface area contributed by atoms with Gasteiger partial charge < -0.3 is 0 Å². The summed E-state index contributed by atoms with van der Waals surface area (Å²) in [7, 11) is 0. The van der Waals surface area contributed by atoms with E-state index in [4.69, 9.17) is 0 Å². The first-order valence-corrected chi connectivity index (χ1v) is 3.50. The highest BCUT2D eigenvalue weighted by molar-refractivity contribution is 5.05. The van der Waals surface area contributed by atoms with Crippen molar-refractivity contribution in [3.63, 3.8) is 0 Å². The van der Waals surface area contributed by atoms with E-state index in [9.17, 15) is 0 Å². The van der Waals surface area contributed by atoms with Crippen molar-refractivity contribution in [2.24, 2.45) is 5.92 Å². The van der Waals surface area contributed by atoms with Crippen molar-refractivity contribution in [1.82, 2.24) is 0 Å². The lowest BCUT2D eigenvalue weighted by Crippen LogP contribution is -1.93. The molecule has 0 saturated heterocycles. The molecule has 0 aromatic heterocycles. The molecule has 0 radical (unpaired) electrons. The third-order valence-corrected chi connectivity index (χ3v) is 1.50. The maximum atomic E-state index is 3.89. The monoisotopic (exact) mass is 124 g/mol. The molecule has 0 heteroatoms. The smallest absolute Gasteiger partial charge is 0.00315 e. The van der Waals surface area contributed by atoms with Crippen LogP contribution in [0.4, 0.5) is 0 Å². The SMILES string of the molecule is C=C(C)C(C=CC)CC. The van der Waals surface area contributed by atoms with Gasteiger partial charge in [0.15, 0.2) is 0 Å². The Bertz CT molecular complexity index is 109. The van der Waals surface area contributed by atoms with Crippen LogP contribution >= 0.6 is 0 Å². The van der Waals surface area contributed by atoms with E-state index < -0.39 is 0 Å². The van der Waals surface area contributed by atoms with E-state index in [2.05, 4.69) is 32.6 Å². The molecule has 0 aromatic rings. The molecule has 9 heavy (non-hydrogen) atoms. The Morgan fingerprint density at radius 1 is 1.67 bits per heavy atom. The standard InChI is InChI=1S/C9H16/c1-5-7-9(6-2)8(3)4/h5,7,9H,3,6H2,1-2,4H3. The Morgan fingerprint density at radius 2 is 2.22 bits per heavy atom. The number of rotatable bonds is 3. The van der Waals surface area contributed by atoms with E-state index in [1.54, 1.807) is 0 Å². The Kier molecular flexibility index (Phi) is 4.12. The summed E-state index contributed by atoms with van der Waals surface area (Å²) in [6.45, 7) is 10.2. The average molecular weight is 124 g/mol. The summed E-state index contributed by atoms with van der Waals surface area (Å²) in [5, 5.41) is 0. The summed E-state index contributed by atoms with van der Waals surface area (Å²) in [4.78, 5) is 0. The van der Waals surface area contributed by atoms with Gasteiger partial charge in [-0.25, -0.2) is 0 Å². The molecule has 0 bridgehead atoms. The first-order valence-electron chi connectivity index (χ1n) is 3.50. The van der Waals surface area contributed by atoms with Crippen LogP contribution in [0.1, 0.15) is 27.2 Å². The van der Waals surface area contributed by atoms with Crippen LogP contribution in [-0.2, 0) is 0 Å². The predicted octanol–water partition coefficient (Wildman–Crippen LogP) is 3.16. The van der Waals surface area contributed by atoms with Crippen LogP contribution in [0.2, 0.25) is 0 Å². The van der Waals surface area contributed by atoms with Gasteiger partial charge in [-0.05, 0) is 26.2 Å². The molecular formula is C9H16. The molecule has 0 aliphatic heterocycles. The van der Waals surface area contributed by atoms with Crippen molar-refractivity contribution < 1.29 is 0 Å². The number of allylic oxidation sites excluding steroid dienone is 3. The molecule has 0 rings (SSSR count). The summed E-state index contributed by atoms with van der Waals surface area (Å²) < 4.78 is 0. The molecule has 0 spiro atoms. The Morgan fingerprint density at radius 3 is 2.33 bits per heavy atom. The highest BCUT2D eigenvalue weighted by Gasteiger charge is 1.98. The molecular weight excluding hydrogens is 108 g/mol. The van der Waals surface area contributed by atoms with E-state index in [1.807, 2.05) is 6.92 Å². The Balaban J connectivity index is 3.83. The van der Waals surface area contributed by atoms with Crippen LogP contribution in [-0.4, -0.2) is 0 Å². The van der Waals surface area contributed by atoms with Crippen molar-refractivity contribution in [3.05, 3.63) is 24.3 Å². The summed E-state index contributed by atoms with van der Waals surface area (Å²) in [5.41, 5.74) is 1.26. The highest BCUT2D eigenvalue weighted by Crippen LogP contribution is 2.13. The minimum absolute atomic E-state index is 0.593. The molecule has 0 aliphatic rings. The van der Waals surface area contributed by atoms with Crippen LogP contribution < -0.4 is 0 Å². The van der Waals surface area contributed by atoms with Gasteiger partial charge in [0, 0.05) is 0 Å². The van der Waals surface area contributed by atoms with Gasteiger partial charge in [0.05, 0.1) is 0 Å². The molecule has 0 amide bonds. The van der Waals surface area contributed by atoms with Gasteiger partial charge in [0.1, 0.15) is 0 Å². The first-order chi connectivity index (χ1) is 4.22. The molecule has 0 nitrogen and oxygen atoms in total. The van der Waals surface area contributed by atoms with Crippen molar-refractivity contribution in [3.8, 4) is 0 Å². The minimum atomic E-state index is 0.593. The van der Waals surface area contributed by atoms with Gasteiger partial charge in [-0.3, -0.25) is 0 Å². The fraction of sp³-hybridized carbons (Fsp3) is 0.556. The van der Waals surface area contributed by atoms with Crippen LogP contribution in [0.25, 0.3) is 0 Å². The van der Waals surface area contributed by atoms with Crippen LogP contribution in [0, 0.1) is 5.92 Å². The summed E-state index contributed by atoms with van der Waals surface area (Å²) in [5.74, 6) is 0.593. The summed E-state index contributed by atoms with van der Waals surface area (Å²) in [6.07, 6.45) is 5.45. The van der Waals surface area contributed by atoms with Gasteiger partial charge in [0.25, 0.3) is 0 Å². The van der Waals surface area contributed by atoms with E-state index in [0.29, 0.717) is 5.92 Å². The fourth-order valence-corrected chi connectivity index (χ4v) is 0.881. The number of hydrogen-bond donors (Lipinski definition) is 0. The lowest BCUT2D eigenvalue weighted by atomic mass is 9.99. The quantitative estimate of drug-likeness (QED) is 0.507. The molecule has 0 aliphatic carbocycles. The van der Waals surface area contributed by atoms with Crippen LogP contribution in [0.3, 0.4) is 0 Å². The first kappa shape index (κ1) is 8.48. The normalized spacial score (nSPS) is 14.1. The van der Waals surface area contributed by atoms with Crippen LogP contribution in [0.15, 0.2) is 24.3 Å². The second-order valence-corrected chi connectivity index (χ2v) is 2.39. The molecule has 0 N–H and O–H groups in total. The second-order valence-electron chi connectivity index (χ2n) is 2.39. The van der Waals surface area contributed by atoms with E-state index in [0.717, 1.165) is 0 Å². The molecule has 1 unspecified atom stereocenters. The Hall–Kier alpha value is -0.520. The fourth-order valence-electron chi connectivity index (χ4n) is 0.881. The molecule has 0 aromatic carbocycles. The predicted molar refractivity (Wildman–Crippen MR) is 43.4 cm³/mol. The molecule has 1 atom stereocenters. The maximum absolute atomic E-state index is 3.89. The van der Waals surface area contributed by atoms with Gasteiger partial charge in [-0.1, -0.05) is 31.2 Å². The topological polar surface area (TPSA) is 0 Å². The van der Waals surface area contributed by atoms with Crippen molar-refractivity contribution in [2.75, 3.05) is 0 Å². The van der Waals surface area contributed by atoms with Gasteiger partial charge in [-0.15, -0.1) is 0 Å². The highest BCUT2D eigenvalue weighted by atomic mass is 14.0. The molecule has 0 fully saturated rings. The van der Waals surface area contributed by atoms with Crippen molar-refractivity contribution in [2.45, 2.75) is 27.2 Å². The minimum Gasteiger partial charge on any atom is -0.0995 e. The number of hydrogen-bond acceptors (Lipinski definition) is 0. The van der Waals surface area contributed by atoms with Gasteiger partial charge in [0.2, 0.25) is 0 Å². The summed E-state index contributed by atoms with van der Waals surface area (Å²) in [6, 6.07) is 0. The van der Waals surface area contributed by atoms with E-state index in [-0.39, 0.29) is 0 Å². The maximum Gasteiger partial charge on any atom is -0.00315 e. The van der Waals surface area contributed by atoms with Gasteiger partial charge in [-0.2, -0.15) is 0 Å². The van der Waals surface area contributed by atoms with E-state index in [1.165, 1.54) is 12.0 Å². The second kappa shape index (κ2) is 4.37. The molecule has 52 valence electrons. The summed E-state index contributed by atoms with van der Waals surface area (Å²) >= 11 is 0. The van der Waals surface area contributed by atoms with Gasteiger partial charge >= 0.3 is 0 Å². The lowest BCUT2D eigenvalue weighted by Gasteiger charge is -2.07. The average Bonchev–Trinajstić information content (AvgIpc) is 1.82. The zero-order valence-corrected chi connectivity index (χ0v) is 6.65. The zero-order valence-electron chi connectivity index (χ0n) is 6.65. The largest absolute Gasteiger partial charge is 0.0995 e. The van der Waals surface area contributed by atoms with Crippen LogP contribution in [0.5, 0.6) is 0 Å². The zero-order chi connectivity index (χ0) is 7.28. The third kappa shape index (κ3) is 3.12. The van der Waals surface area contributed by atoms with Crippen molar-refractivity contribution >= 4 is 0 Å². The van der Waals surface area contributed by atoms with E-state index >= 15 is 0 Å².